The van der Waals surface area contributed by atoms with E-state index in [1.807, 2.05) is 24.3 Å². The summed E-state index contributed by atoms with van der Waals surface area (Å²) in [4.78, 5) is 2.81. The highest BCUT2D eigenvalue weighted by atomic mass is 32.1. The molecule has 0 atom stereocenters. The van der Waals surface area contributed by atoms with Gasteiger partial charge in [0.2, 0.25) is 0 Å². The lowest BCUT2D eigenvalue weighted by Crippen LogP contribution is -2.37. The Bertz CT molecular complexity index is 470. The molecule has 0 amide bonds. The molecule has 1 saturated carbocycles. The van der Waals surface area contributed by atoms with Crippen molar-refractivity contribution in [3.8, 4) is 5.75 Å². The minimum atomic E-state index is 0.389. The molecule has 0 aliphatic heterocycles. The van der Waals surface area contributed by atoms with Crippen molar-refractivity contribution in [2.24, 2.45) is 11.7 Å². The zero-order valence-electron chi connectivity index (χ0n) is 13.0. The third-order valence-corrected chi connectivity index (χ3v) is 4.68. The van der Waals surface area contributed by atoms with Crippen LogP contribution in [0.1, 0.15) is 38.2 Å². The van der Waals surface area contributed by atoms with E-state index in [4.69, 9.17) is 22.7 Å². The van der Waals surface area contributed by atoms with Gasteiger partial charge >= 0.3 is 0 Å². The Labute approximate surface area is 133 Å². The number of rotatable bonds is 6. The highest BCUT2D eigenvalue weighted by Gasteiger charge is 2.21. The van der Waals surface area contributed by atoms with Gasteiger partial charge in [0, 0.05) is 12.6 Å². The maximum atomic E-state index is 5.87. The van der Waals surface area contributed by atoms with Gasteiger partial charge < -0.3 is 15.4 Å². The van der Waals surface area contributed by atoms with Crippen molar-refractivity contribution in [3.63, 3.8) is 0 Å². The SMILES string of the molecule is CC1CCC(N(C)CCOc2ccccc2C(N)=S)CC1. The van der Waals surface area contributed by atoms with E-state index in [-0.39, 0.29) is 0 Å². The molecule has 0 saturated heterocycles. The monoisotopic (exact) mass is 306 g/mol. The van der Waals surface area contributed by atoms with Crippen molar-refractivity contribution in [2.45, 2.75) is 38.6 Å². The Balaban J connectivity index is 1.80. The lowest BCUT2D eigenvalue weighted by molar-refractivity contribution is 0.145. The van der Waals surface area contributed by atoms with Crippen LogP contribution < -0.4 is 10.5 Å². The molecule has 0 spiro atoms. The van der Waals surface area contributed by atoms with Crippen molar-refractivity contribution < 1.29 is 4.74 Å². The predicted molar refractivity (Wildman–Crippen MR) is 91.9 cm³/mol. The van der Waals surface area contributed by atoms with E-state index in [1.54, 1.807) is 0 Å². The van der Waals surface area contributed by atoms with Gasteiger partial charge in [0.05, 0.1) is 5.56 Å². The van der Waals surface area contributed by atoms with Crippen LogP contribution in [0.2, 0.25) is 0 Å². The van der Waals surface area contributed by atoms with E-state index >= 15 is 0 Å². The maximum Gasteiger partial charge on any atom is 0.129 e. The molecule has 1 fully saturated rings. The normalized spacial score (nSPS) is 22.2. The second kappa shape index (κ2) is 7.76. The van der Waals surface area contributed by atoms with E-state index in [1.165, 1.54) is 25.7 Å². The van der Waals surface area contributed by atoms with Crippen molar-refractivity contribution >= 4 is 17.2 Å². The van der Waals surface area contributed by atoms with Crippen LogP contribution in [-0.2, 0) is 0 Å². The van der Waals surface area contributed by atoms with Crippen LogP contribution in [0.3, 0.4) is 0 Å². The predicted octanol–water partition coefficient (Wildman–Crippen LogP) is 3.21. The van der Waals surface area contributed by atoms with Gasteiger partial charge in [0.15, 0.2) is 0 Å². The Morgan fingerprint density at radius 3 is 2.62 bits per heavy atom. The zero-order valence-corrected chi connectivity index (χ0v) is 13.9. The Hall–Kier alpha value is -1.13. The van der Waals surface area contributed by atoms with Crippen LogP contribution in [0.15, 0.2) is 24.3 Å². The fourth-order valence-electron chi connectivity index (χ4n) is 2.96. The average molecular weight is 306 g/mol. The summed E-state index contributed by atoms with van der Waals surface area (Å²) in [6, 6.07) is 8.41. The number of benzene rings is 1. The molecule has 2 N–H and O–H groups in total. The minimum Gasteiger partial charge on any atom is -0.492 e. The van der Waals surface area contributed by atoms with E-state index in [0.29, 0.717) is 17.6 Å². The highest BCUT2D eigenvalue weighted by Crippen LogP contribution is 2.26. The van der Waals surface area contributed by atoms with Crippen molar-refractivity contribution in [3.05, 3.63) is 29.8 Å². The van der Waals surface area contributed by atoms with Gasteiger partial charge in [0.1, 0.15) is 17.3 Å². The lowest BCUT2D eigenvalue weighted by Gasteiger charge is -2.33. The largest absolute Gasteiger partial charge is 0.492 e. The first-order valence-electron chi connectivity index (χ1n) is 7.79. The molecule has 4 heteroatoms. The Morgan fingerprint density at radius 1 is 1.29 bits per heavy atom. The molecule has 0 unspecified atom stereocenters. The molecule has 2 rings (SSSR count). The van der Waals surface area contributed by atoms with Crippen LogP contribution in [0.5, 0.6) is 5.75 Å². The molecule has 1 aromatic carbocycles. The topological polar surface area (TPSA) is 38.5 Å². The first-order chi connectivity index (χ1) is 10.1. The summed E-state index contributed by atoms with van der Waals surface area (Å²) in [5, 5.41) is 0. The maximum absolute atomic E-state index is 5.87. The number of likely N-dealkylation sites (N-methyl/N-ethyl adjacent to an activating group) is 1. The smallest absolute Gasteiger partial charge is 0.129 e. The standard InChI is InChI=1S/C17H26N2OS/c1-13-7-9-14(10-8-13)19(2)11-12-20-16-6-4-3-5-15(16)17(18)21/h3-6,13-14H,7-12H2,1-2H3,(H2,18,21). The van der Waals surface area contributed by atoms with Gasteiger partial charge in [-0.1, -0.05) is 31.3 Å². The molecule has 21 heavy (non-hydrogen) atoms. The Kier molecular flexibility index (Phi) is 6.00. The number of para-hydroxylation sites is 1. The molecule has 1 aliphatic carbocycles. The second-order valence-electron chi connectivity index (χ2n) is 6.10. The number of hydrogen-bond donors (Lipinski definition) is 1. The van der Waals surface area contributed by atoms with Crippen LogP contribution in [0.25, 0.3) is 0 Å². The fraction of sp³-hybridized carbons (Fsp3) is 0.588. The quantitative estimate of drug-likeness (QED) is 0.819. The summed E-state index contributed by atoms with van der Waals surface area (Å²) in [5.74, 6) is 1.68. The van der Waals surface area contributed by atoms with Crippen LogP contribution in [0.4, 0.5) is 0 Å². The summed E-state index contributed by atoms with van der Waals surface area (Å²) in [6.45, 7) is 3.96. The molecule has 0 bridgehead atoms. The number of nitrogens with zero attached hydrogens (tertiary/aromatic N) is 1. The fourth-order valence-corrected chi connectivity index (χ4v) is 3.13. The molecule has 116 valence electrons. The van der Waals surface area contributed by atoms with Gasteiger partial charge in [-0.2, -0.15) is 0 Å². The molecular weight excluding hydrogens is 280 g/mol. The molecule has 0 radical (unpaired) electrons. The first kappa shape index (κ1) is 16.2. The number of thiocarbonyl (C=S) groups is 1. The van der Waals surface area contributed by atoms with Crippen LogP contribution >= 0.6 is 12.2 Å². The lowest BCUT2D eigenvalue weighted by atomic mass is 9.87. The molecule has 1 aromatic rings. The molecule has 0 aromatic heterocycles. The van der Waals surface area contributed by atoms with Gasteiger partial charge in [-0.15, -0.1) is 0 Å². The Morgan fingerprint density at radius 2 is 1.95 bits per heavy atom. The third kappa shape index (κ3) is 4.68. The van der Waals surface area contributed by atoms with Crippen LogP contribution in [0, 0.1) is 5.92 Å². The number of nitrogens with two attached hydrogens (primary N) is 1. The van der Waals surface area contributed by atoms with E-state index < -0.39 is 0 Å². The summed E-state index contributed by atoms with van der Waals surface area (Å²) in [7, 11) is 2.20. The van der Waals surface area contributed by atoms with Gasteiger partial charge in [-0.3, -0.25) is 0 Å². The second-order valence-corrected chi connectivity index (χ2v) is 6.54. The molecule has 3 nitrogen and oxygen atoms in total. The average Bonchev–Trinajstić information content (AvgIpc) is 2.48. The summed E-state index contributed by atoms with van der Waals surface area (Å²) < 4.78 is 5.87. The molecular formula is C17H26N2OS. The summed E-state index contributed by atoms with van der Waals surface area (Å²) >= 11 is 5.05. The van der Waals surface area contributed by atoms with Gasteiger partial charge in [-0.25, -0.2) is 0 Å². The van der Waals surface area contributed by atoms with Crippen molar-refractivity contribution in [1.82, 2.24) is 4.90 Å². The van der Waals surface area contributed by atoms with Crippen molar-refractivity contribution in [2.75, 3.05) is 20.2 Å². The van der Waals surface area contributed by atoms with E-state index in [9.17, 15) is 0 Å². The zero-order chi connectivity index (χ0) is 15.2. The summed E-state index contributed by atoms with van der Waals surface area (Å²) in [5.41, 5.74) is 6.54. The van der Waals surface area contributed by atoms with Gasteiger partial charge in [0.25, 0.3) is 0 Å². The van der Waals surface area contributed by atoms with E-state index in [0.717, 1.165) is 23.8 Å². The minimum absolute atomic E-state index is 0.389. The highest BCUT2D eigenvalue weighted by molar-refractivity contribution is 7.80. The van der Waals surface area contributed by atoms with Gasteiger partial charge in [-0.05, 0) is 50.8 Å². The number of hydrogen-bond acceptors (Lipinski definition) is 3. The molecule has 1 aliphatic rings. The summed E-state index contributed by atoms with van der Waals surface area (Å²) in [6.07, 6.45) is 5.31. The molecule has 0 heterocycles. The number of ether oxygens (including phenoxy) is 1. The van der Waals surface area contributed by atoms with Crippen molar-refractivity contribution in [1.29, 1.82) is 0 Å². The third-order valence-electron chi connectivity index (χ3n) is 4.46. The van der Waals surface area contributed by atoms with Crippen LogP contribution in [-0.4, -0.2) is 36.1 Å². The first-order valence-corrected chi connectivity index (χ1v) is 8.20. The van der Waals surface area contributed by atoms with E-state index in [2.05, 4.69) is 18.9 Å².